The normalized spacial score (nSPS) is 14.5. The van der Waals surface area contributed by atoms with Crippen LogP contribution in [0.3, 0.4) is 0 Å². The first-order valence-corrected chi connectivity index (χ1v) is 9.24. The number of ether oxygens (including phenoxy) is 1. The first-order chi connectivity index (χ1) is 13.0. The van der Waals surface area contributed by atoms with Crippen LogP contribution >= 0.6 is 0 Å². The molecule has 1 fully saturated rings. The first kappa shape index (κ1) is 18.8. The number of benzene rings is 2. The van der Waals surface area contributed by atoms with Crippen LogP contribution in [-0.4, -0.2) is 32.2 Å². The van der Waals surface area contributed by atoms with Crippen molar-refractivity contribution in [3.05, 3.63) is 58.7 Å². The minimum atomic E-state index is -0.307. The third-order valence-corrected chi connectivity index (χ3v) is 5.29. The summed E-state index contributed by atoms with van der Waals surface area (Å²) in [6, 6.07) is 14.2. The average Bonchev–Trinajstić information content (AvgIpc) is 2.71. The molecule has 0 bridgehead atoms. The van der Waals surface area contributed by atoms with E-state index in [1.807, 2.05) is 43.3 Å². The molecular formula is C22H25N3O2. The largest absolute Gasteiger partial charge is 0.465 e. The number of carbonyl (C=O) groups excluding carboxylic acids is 1. The lowest BCUT2D eigenvalue weighted by atomic mass is 9.98. The maximum Gasteiger partial charge on any atom is 0.338 e. The number of anilines is 2. The summed E-state index contributed by atoms with van der Waals surface area (Å²) >= 11 is 0. The van der Waals surface area contributed by atoms with E-state index in [2.05, 4.69) is 23.2 Å². The van der Waals surface area contributed by atoms with E-state index in [9.17, 15) is 10.1 Å². The highest BCUT2D eigenvalue weighted by Gasteiger charge is 2.23. The van der Waals surface area contributed by atoms with Crippen molar-refractivity contribution in [2.24, 2.45) is 0 Å². The maximum atomic E-state index is 12.0. The average molecular weight is 363 g/mol. The molecule has 0 atom stereocenters. The van der Waals surface area contributed by atoms with E-state index < -0.39 is 0 Å². The lowest BCUT2D eigenvalue weighted by molar-refractivity contribution is 0.0600. The van der Waals surface area contributed by atoms with Crippen LogP contribution in [0.2, 0.25) is 0 Å². The third-order valence-electron chi connectivity index (χ3n) is 5.29. The molecule has 0 aromatic heterocycles. The predicted octanol–water partition coefficient (Wildman–Crippen LogP) is 4.04. The molecule has 0 spiro atoms. The van der Waals surface area contributed by atoms with Crippen LogP contribution in [0.25, 0.3) is 0 Å². The molecule has 3 rings (SSSR count). The van der Waals surface area contributed by atoms with Gasteiger partial charge in [-0.2, -0.15) is 5.26 Å². The van der Waals surface area contributed by atoms with Gasteiger partial charge in [-0.3, -0.25) is 0 Å². The van der Waals surface area contributed by atoms with Crippen molar-refractivity contribution in [1.82, 2.24) is 0 Å². The molecule has 5 heteroatoms. The Bertz CT molecular complexity index is 878. The van der Waals surface area contributed by atoms with Crippen molar-refractivity contribution < 1.29 is 9.53 Å². The number of nitriles is 1. The van der Waals surface area contributed by atoms with Gasteiger partial charge in [0.15, 0.2) is 0 Å². The number of para-hydroxylation sites is 1. The topological polar surface area (TPSA) is 65.4 Å². The second-order valence-electron chi connectivity index (χ2n) is 6.96. The predicted molar refractivity (Wildman–Crippen MR) is 107 cm³/mol. The maximum absolute atomic E-state index is 12.0. The highest BCUT2D eigenvalue weighted by atomic mass is 16.5. The summed E-state index contributed by atoms with van der Waals surface area (Å²) < 4.78 is 4.89. The number of methoxy groups -OCH3 is 1. The molecule has 1 saturated heterocycles. The quantitative estimate of drug-likeness (QED) is 0.831. The van der Waals surface area contributed by atoms with Gasteiger partial charge < -0.3 is 15.0 Å². The number of aryl methyl sites for hydroxylation is 1. The van der Waals surface area contributed by atoms with Crippen LogP contribution in [0, 0.1) is 25.2 Å². The van der Waals surface area contributed by atoms with E-state index in [0.29, 0.717) is 11.6 Å². The van der Waals surface area contributed by atoms with E-state index >= 15 is 0 Å². The molecule has 0 saturated carbocycles. The second-order valence-corrected chi connectivity index (χ2v) is 6.96. The fraction of sp³-hybridized carbons (Fsp3) is 0.364. The summed E-state index contributed by atoms with van der Waals surface area (Å²) in [5.41, 5.74) is 5.41. The van der Waals surface area contributed by atoms with Crippen molar-refractivity contribution in [1.29, 1.82) is 5.26 Å². The number of hydrogen-bond acceptors (Lipinski definition) is 5. The molecule has 0 radical (unpaired) electrons. The summed E-state index contributed by atoms with van der Waals surface area (Å²) in [6.07, 6.45) is 1.95. The molecule has 140 valence electrons. The highest BCUT2D eigenvalue weighted by molar-refractivity contribution is 5.93. The summed E-state index contributed by atoms with van der Waals surface area (Å²) in [6.45, 7) is 5.80. The van der Waals surface area contributed by atoms with Gasteiger partial charge in [0, 0.05) is 24.8 Å². The molecule has 1 heterocycles. The lowest BCUT2D eigenvalue weighted by Crippen LogP contribution is -2.39. The van der Waals surface area contributed by atoms with Crippen molar-refractivity contribution >= 4 is 17.3 Å². The molecule has 1 N–H and O–H groups in total. The van der Waals surface area contributed by atoms with E-state index in [-0.39, 0.29) is 5.97 Å². The van der Waals surface area contributed by atoms with Gasteiger partial charge in [-0.05, 0) is 56.0 Å². The SMILES string of the molecule is COC(=O)c1ccc(C)c(NC2CCN(c3ccccc3C#N)CC2)c1C. The number of esters is 1. The smallest absolute Gasteiger partial charge is 0.338 e. The number of nitrogens with zero attached hydrogens (tertiary/aromatic N) is 2. The highest BCUT2D eigenvalue weighted by Crippen LogP contribution is 2.29. The second kappa shape index (κ2) is 8.13. The molecule has 2 aromatic carbocycles. The number of rotatable bonds is 4. The van der Waals surface area contributed by atoms with Crippen molar-refractivity contribution in [3.63, 3.8) is 0 Å². The summed E-state index contributed by atoms with van der Waals surface area (Å²) in [5.74, 6) is -0.307. The van der Waals surface area contributed by atoms with Crippen molar-refractivity contribution in [2.45, 2.75) is 32.7 Å². The lowest BCUT2D eigenvalue weighted by Gasteiger charge is -2.35. The Morgan fingerprint density at radius 3 is 2.56 bits per heavy atom. The Balaban J connectivity index is 1.71. The Morgan fingerprint density at radius 2 is 1.89 bits per heavy atom. The Hall–Kier alpha value is -3.00. The number of carbonyl (C=O) groups is 1. The Morgan fingerprint density at radius 1 is 1.19 bits per heavy atom. The van der Waals surface area contributed by atoms with Gasteiger partial charge in [0.05, 0.1) is 23.9 Å². The first-order valence-electron chi connectivity index (χ1n) is 9.24. The molecule has 0 amide bonds. The molecule has 1 aliphatic rings. The van der Waals surface area contributed by atoms with Crippen LogP contribution in [0.5, 0.6) is 0 Å². The zero-order valence-corrected chi connectivity index (χ0v) is 16.1. The minimum absolute atomic E-state index is 0.307. The summed E-state index contributed by atoms with van der Waals surface area (Å²) in [5, 5.41) is 13.0. The van der Waals surface area contributed by atoms with E-state index in [4.69, 9.17) is 4.74 Å². The molecule has 27 heavy (non-hydrogen) atoms. The molecule has 1 aliphatic heterocycles. The van der Waals surface area contributed by atoms with E-state index in [0.717, 1.165) is 54.0 Å². The zero-order chi connectivity index (χ0) is 19.4. The number of hydrogen-bond donors (Lipinski definition) is 1. The number of piperidine rings is 1. The van der Waals surface area contributed by atoms with Crippen molar-refractivity contribution in [2.75, 3.05) is 30.4 Å². The monoisotopic (exact) mass is 363 g/mol. The molecule has 0 aliphatic carbocycles. The fourth-order valence-corrected chi connectivity index (χ4v) is 3.71. The van der Waals surface area contributed by atoms with E-state index in [1.165, 1.54) is 7.11 Å². The van der Waals surface area contributed by atoms with Crippen LogP contribution < -0.4 is 10.2 Å². The zero-order valence-electron chi connectivity index (χ0n) is 16.1. The summed E-state index contributed by atoms with van der Waals surface area (Å²) in [7, 11) is 1.41. The van der Waals surface area contributed by atoms with Crippen LogP contribution in [0.4, 0.5) is 11.4 Å². The summed E-state index contributed by atoms with van der Waals surface area (Å²) in [4.78, 5) is 14.2. The van der Waals surface area contributed by atoms with Gasteiger partial charge in [0.25, 0.3) is 0 Å². The van der Waals surface area contributed by atoms with Gasteiger partial charge in [-0.15, -0.1) is 0 Å². The van der Waals surface area contributed by atoms with Crippen LogP contribution in [0.15, 0.2) is 36.4 Å². The van der Waals surface area contributed by atoms with Gasteiger partial charge in [0.1, 0.15) is 6.07 Å². The van der Waals surface area contributed by atoms with Gasteiger partial charge >= 0.3 is 5.97 Å². The molecule has 0 unspecified atom stereocenters. The van der Waals surface area contributed by atoms with Crippen LogP contribution in [0.1, 0.15) is 39.9 Å². The van der Waals surface area contributed by atoms with Gasteiger partial charge in [0.2, 0.25) is 0 Å². The minimum Gasteiger partial charge on any atom is -0.465 e. The number of nitrogens with one attached hydrogen (secondary N) is 1. The third kappa shape index (κ3) is 3.90. The Labute approximate surface area is 160 Å². The fourth-order valence-electron chi connectivity index (χ4n) is 3.71. The van der Waals surface area contributed by atoms with Gasteiger partial charge in [-0.25, -0.2) is 4.79 Å². The van der Waals surface area contributed by atoms with E-state index in [1.54, 1.807) is 0 Å². The standard InChI is InChI=1S/C22H25N3O2/c1-15-8-9-19(22(26)27-3)16(2)21(15)24-18-10-12-25(13-11-18)20-7-5-4-6-17(20)14-23/h4-9,18,24H,10-13H2,1-3H3. The molecule has 5 nitrogen and oxygen atoms in total. The van der Waals surface area contributed by atoms with Gasteiger partial charge in [-0.1, -0.05) is 18.2 Å². The van der Waals surface area contributed by atoms with Crippen LogP contribution in [-0.2, 0) is 4.74 Å². The van der Waals surface area contributed by atoms with Crippen molar-refractivity contribution in [3.8, 4) is 6.07 Å². The Kier molecular flexibility index (Phi) is 5.66. The molecular weight excluding hydrogens is 338 g/mol. The molecule has 2 aromatic rings.